The van der Waals surface area contributed by atoms with Gasteiger partial charge in [-0.25, -0.2) is 4.98 Å². The third kappa shape index (κ3) is 2.96. The molecule has 8 heteroatoms. The maximum atomic E-state index is 12.8. The van der Waals surface area contributed by atoms with Crippen LogP contribution in [0.2, 0.25) is 0 Å². The average Bonchev–Trinajstić information content (AvgIpc) is 3.04. The Morgan fingerprint density at radius 1 is 1.31 bits per heavy atom. The van der Waals surface area contributed by atoms with Gasteiger partial charge in [-0.2, -0.15) is 13.2 Å². The normalized spacial score (nSPS) is 26.8. The monoisotopic (exact) mass is 367 g/mol. The molecule has 1 amide bonds. The van der Waals surface area contributed by atoms with E-state index in [1.165, 1.54) is 18.2 Å². The van der Waals surface area contributed by atoms with Crippen LogP contribution in [0.15, 0.2) is 18.2 Å². The van der Waals surface area contributed by atoms with Crippen LogP contribution in [0.4, 0.5) is 13.2 Å². The summed E-state index contributed by atoms with van der Waals surface area (Å²) >= 11 is 0. The molecular formula is C18H20F3N3O2. The number of amides is 1. The van der Waals surface area contributed by atoms with Crippen LogP contribution in [-0.4, -0.2) is 44.6 Å². The fourth-order valence-electron chi connectivity index (χ4n) is 4.21. The second kappa shape index (κ2) is 5.97. The maximum Gasteiger partial charge on any atom is 0.449 e. The lowest BCUT2D eigenvalue weighted by Gasteiger charge is -2.47. The number of aliphatic hydroxyl groups is 1. The van der Waals surface area contributed by atoms with Gasteiger partial charge < -0.3 is 15.0 Å². The minimum atomic E-state index is -4.55. The van der Waals surface area contributed by atoms with Crippen LogP contribution in [0.1, 0.15) is 48.3 Å². The van der Waals surface area contributed by atoms with Crippen molar-refractivity contribution in [3.05, 3.63) is 29.6 Å². The predicted molar refractivity (Wildman–Crippen MR) is 88.5 cm³/mol. The van der Waals surface area contributed by atoms with Crippen LogP contribution in [0, 0.1) is 5.92 Å². The predicted octanol–water partition coefficient (Wildman–Crippen LogP) is 3.35. The first kappa shape index (κ1) is 17.3. The number of H-pyrrole nitrogens is 1. The van der Waals surface area contributed by atoms with Crippen LogP contribution in [0.25, 0.3) is 11.0 Å². The lowest BCUT2D eigenvalue weighted by Crippen LogP contribution is -2.54. The highest BCUT2D eigenvalue weighted by atomic mass is 19.4. The van der Waals surface area contributed by atoms with Gasteiger partial charge in [0.1, 0.15) is 0 Å². The molecule has 2 aromatic rings. The van der Waals surface area contributed by atoms with Gasteiger partial charge in [0.2, 0.25) is 5.82 Å². The second-order valence-corrected chi connectivity index (χ2v) is 7.36. The molecule has 0 bridgehead atoms. The summed E-state index contributed by atoms with van der Waals surface area (Å²) in [4.78, 5) is 20.3. The van der Waals surface area contributed by atoms with E-state index in [4.69, 9.17) is 0 Å². The van der Waals surface area contributed by atoms with Gasteiger partial charge >= 0.3 is 6.18 Å². The van der Waals surface area contributed by atoms with Crippen LogP contribution >= 0.6 is 0 Å². The van der Waals surface area contributed by atoms with Crippen molar-refractivity contribution in [3.8, 4) is 0 Å². The van der Waals surface area contributed by atoms with E-state index in [1.807, 2.05) is 0 Å². The summed E-state index contributed by atoms with van der Waals surface area (Å²) in [6, 6.07) is 4.35. The van der Waals surface area contributed by atoms with E-state index in [0.717, 1.165) is 25.7 Å². The molecule has 140 valence electrons. The lowest BCUT2D eigenvalue weighted by atomic mass is 9.71. The number of carbonyl (C=O) groups excluding carboxylic acids is 1. The number of halogens is 3. The zero-order valence-electron chi connectivity index (χ0n) is 14.1. The zero-order chi connectivity index (χ0) is 18.5. The molecule has 2 N–H and O–H groups in total. The number of hydrogen-bond acceptors (Lipinski definition) is 3. The smallest absolute Gasteiger partial charge is 0.389 e. The molecule has 1 aliphatic heterocycles. The molecule has 5 nitrogen and oxygen atoms in total. The van der Waals surface area contributed by atoms with Crippen molar-refractivity contribution in [2.45, 2.75) is 43.9 Å². The van der Waals surface area contributed by atoms with E-state index < -0.39 is 17.6 Å². The van der Waals surface area contributed by atoms with Crippen molar-refractivity contribution in [1.29, 1.82) is 0 Å². The molecule has 2 atom stereocenters. The molecule has 1 saturated carbocycles. The van der Waals surface area contributed by atoms with Gasteiger partial charge in [-0.3, -0.25) is 4.79 Å². The van der Waals surface area contributed by atoms with Gasteiger partial charge in [-0.1, -0.05) is 12.8 Å². The van der Waals surface area contributed by atoms with Gasteiger partial charge in [0.15, 0.2) is 0 Å². The number of benzene rings is 1. The molecule has 2 fully saturated rings. The number of nitrogens with one attached hydrogen (secondary N) is 1. The number of imidazole rings is 1. The molecule has 4 rings (SSSR count). The molecule has 1 aromatic carbocycles. The molecule has 2 heterocycles. The number of nitrogens with zero attached hydrogens (tertiary/aromatic N) is 2. The Hall–Kier alpha value is -2.09. The molecule has 1 aliphatic carbocycles. The van der Waals surface area contributed by atoms with Gasteiger partial charge in [0.05, 0.1) is 16.6 Å². The minimum Gasteiger partial charge on any atom is -0.389 e. The number of piperidine rings is 1. The van der Waals surface area contributed by atoms with E-state index in [9.17, 15) is 23.1 Å². The summed E-state index contributed by atoms with van der Waals surface area (Å²) in [5.74, 6) is -1.22. The van der Waals surface area contributed by atoms with E-state index in [0.29, 0.717) is 25.1 Å². The number of hydrogen-bond donors (Lipinski definition) is 2. The quantitative estimate of drug-likeness (QED) is 0.812. The minimum absolute atomic E-state index is 0.0710. The molecule has 1 saturated heterocycles. The summed E-state index contributed by atoms with van der Waals surface area (Å²) in [5, 5.41) is 10.7. The van der Waals surface area contributed by atoms with Gasteiger partial charge in [-0.05, 0) is 37.5 Å². The summed E-state index contributed by atoms with van der Waals surface area (Å²) in [7, 11) is 0. The standard InChI is InChI=1S/C18H20F3N3O2/c19-18(20,21)16-22-13-5-4-11(9-14(13)23-16)15(25)24-8-7-17(26)6-2-1-3-12(17)10-24/h4-5,9,12,26H,1-3,6-8,10H2,(H,22,23)/t12-,17+/m1/s1. The Kier molecular flexibility index (Phi) is 3.98. The highest BCUT2D eigenvalue weighted by molar-refractivity contribution is 5.97. The first-order valence-electron chi connectivity index (χ1n) is 8.85. The zero-order valence-corrected chi connectivity index (χ0v) is 14.1. The Morgan fingerprint density at radius 3 is 2.88 bits per heavy atom. The Labute approximate surface area is 148 Å². The van der Waals surface area contributed by atoms with Crippen LogP contribution in [-0.2, 0) is 6.18 Å². The van der Waals surface area contributed by atoms with Crippen LogP contribution in [0.5, 0.6) is 0 Å². The van der Waals surface area contributed by atoms with E-state index in [1.54, 1.807) is 4.90 Å². The van der Waals surface area contributed by atoms with Crippen LogP contribution < -0.4 is 0 Å². The summed E-state index contributed by atoms with van der Waals surface area (Å²) < 4.78 is 38.3. The van der Waals surface area contributed by atoms with E-state index in [2.05, 4.69) is 9.97 Å². The van der Waals surface area contributed by atoms with Crippen molar-refractivity contribution in [3.63, 3.8) is 0 Å². The fourth-order valence-corrected chi connectivity index (χ4v) is 4.21. The van der Waals surface area contributed by atoms with Crippen molar-refractivity contribution in [2.75, 3.05) is 13.1 Å². The molecule has 2 aliphatic rings. The molecule has 0 radical (unpaired) electrons. The van der Waals surface area contributed by atoms with Gasteiger partial charge in [0, 0.05) is 24.6 Å². The van der Waals surface area contributed by atoms with Crippen molar-refractivity contribution < 1.29 is 23.1 Å². The first-order valence-corrected chi connectivity index (χ1v) is 8.85. The lowest BCUT2D eigenvalue weighted by molar-refractivity contribution is -0.144. The van der Waals surface area contributed by atoms with Gasteiger partial charge in [-0.15, -0.1) is 0 Å². The first-order chi connectivity index (χ1) is 12.3. The van der Waals surface area contributed by atoms with E-state index in [-0.39, 0.29) is 22.9 Å². The molecule has 0 unspecified atom stereocenters. The van der Waals surface area contributed by atoms with Gasteiger partial charge in [0.25, 0.3) is 5.91 Å². The number of likely N-dealkylation sites (tertiary alicyclic amines) is 1. The Morgan fingerprint density at radius 2 is 2.12 bits per heavy atom. The summed E-state index contributed by atoms with van der Waals surface area (Å²) in [6.07, 6.45) is -0.265. The Balaban J connectivity index is 1.56. The third-order valence-electron chi connectivity index (χ3n) is 5.71. The molecular weight excluding hydrogens is 347 g/mol. The second-order valence-electron chi connectivity index (χ2n) is 7.36. The number of alkyl halides is 3. The number of aromatic amines is 1. The van der Waals surface area contributed by atoms with E-state index >= 15 is 0 Å². The van der Waals surface area contributed by atoms with Crippen molar-refractivity contribution in [2.24, 2.45) is 5.92 Å². The third-order valence-corrected chi connectivity index (χ3v) is 5.71. The van der Waals surface area contributed by atoms with Crippen LogP contribution in [0.3, 0.4) is 0 Å². The number of fused-ring (bicyclic) bond motifs is 2. The van der Waals surface area contributed by atoms with Crippen molar-refractivity contribution >= 4 is 16.9 Å². The average molecular weight is 367 g/mol. The highest BCUT2D eigenvalue weighted by Gasteiger charge is 2.43. The molecule has 0 spiro atoms. The molecule has 1 aromatic heterocycles. The summed E-state index contributed by atoms with van der Waals surface area (Å²) in [6.45, 7) is 0.949. The number of aromatic nitrogens is 2. The Bertz CT molecular complexity index is 848. The molecule has 26 heavy (non-hydrogen) atoms. The van der Waals surface area contributed by atoms with Crippen molar-refractivity contribution in [1.82, 2.24) is 14.9 Å². The number of rotatable bonds is 1. The largest absolute Gasteiger partial charge is 0.449 e. The SMILES string of the molecule is O=C(c1ccc2nc(C(F)(F)F)[nH]c2c1)N1CC[C@@]2(O)CCCC[C@@H]2C1. The number of carbonyl (C=O) groups is 1. The highest BCUT2D eigenvalue weighted by Crippen LogP contribution is 2.40. The summed E-state index contributed by atoms with van der Waals surface area (Å²) in [5.41, 5.74) is 0.0175. The maximum absolute atomic E-state index is 12.8. The topological polar surface area (TPSA) is 69.2 Å². The fraction of sp³-hybridized carbons (Fsp3) is 0.556.